The smallest absolute Gasteiger partial charge is 0.0674 e. The molecule has 1 saturated carbocycles. The van der Waals surface area contributed by atoms with Crippen LogP contribution in [0, 0.1) is 5.92 Å². The zero-order valence-electron chi connectivity index (χ0n) is 12.3. The minimum Gasteiger partial charge on any atom is -0.376 e. The number of morpholine rings is 1. The normalized spacial score (nSPS) is 38.2. The third-order valence-electron chi connectivity index (χ3n) is 4.65. The predicted octanol–water partition coefficient (Wildman–Crippen LogP) is 2.26. The van der Waals surface area contributed by atoms with Gasteiger partial charge in [-0.3, -0.25) is 4.90 Å². The van der Waals surface area contributed by atoms with E-state index in [1.165, 1.54) is 32.2 Å². The van der Waals surface area contributed by atoms with Crippen molar-refractivity contribution >= 4 is 0 Å². The van der Waals surface area contributed by atoms with Gasteiger partial charge in [0.2, 0.25) is 0 Å². The summed E-state index contributed by atoms with van der Waals surface area (Å²) in [5, 5.41) is 3.66. The van der Waals surface area contributed by atoms with Crippen LogP contribution in [0.25, 0.3) is 0 Å². The maximum absolute atomic E-state index is 5.70. The number of ether oxygens (including phenoxy) is 1. The summed E-state index contributed by atoms with van der Waals surface area (Å²) in [5.41, 5.74) is 0. The molecule has 1 aliphatic heterocycles. The molecule has 4 atom stereocenters. The molecule has 1 N–H and O–H groups in total. The van der Waals surface area contributed by atoms with Crippen LogP contribution in [-0.4, -0.2) is 49.3 Å². The van der Waals surface area contributed by atoms with Gasteiger partial charge in [0.05, 0.1) is 12.7 Å². The van der Waals surface area contributed by atoms with Crippen LogP contribution in [0.15, 0.2) is 0 Å². The molecule has 3 nitrogen and oxygen atoms in total. The van der Waals surface area contributed by atoms with Crippen molar-refractivity contribution in [2.75, 3.05) is 26.2 Å². The highest BCUT2D eigenvalue weighted by Gasteiger charge is 2.28. The molecule has 1 heterocycles. The molecule has 4 unspecified atom stereocenters. The highest BCUT2D eigenvalue weighted by molar-refractivity contribution is 4.84. The van der Waals surface area contributed by atoms with Crippen LogP contribution in [0.4, 0.5) is 0 Å². The summed E-state index contributed by atoms with van der Waals surface area (Å²) in [5.74, 6) is 0.898. The third kappa shape index (κ3) is 3.69. The van der Waals surface area contributed by atoms with Gasteiger partial charge in [-0.25, -0.2) is 0 Å². The van der Waals surface area contributed by atoms with Gasteiger partial charge in [0.1, 0.15) is 0 Å². The lowest BCUT2D eigenvalue weighted by molar-refractivity contribution is -0.0509. The molecular weight excluding hydrogens is 224 g/mol. The fourth-order valence-electron chi connectivity index (χ4n) is 3.53. The molecule has 0 aromatic carbocycles. The molecule has 0 aromatic heterocycles. The van der Waals surface area contributed by atoms with Crippen molar-refractivity contribution in [3.05, 3.63) is 0 Å². The Kier molecular flexibility index (Phi) is 5.46. The lowest BCUT2D eigenvalue weighted by atomic mass is 9.98. The van der Waals surface area contributed by atoms with Gasteiger partial charge in [-0.15, -0.1) is 0 Å². The first-order valence-electron chi connectivity index (χ1n) is 7.79. The van der Waals surface area contributed by atoms with Gasteiger partial charge in [-0.05, 0) is 52.1 Å². The number of nitrogens with one attached hydrogen (secondary N) is 1. The summed E-state index contributed by atoms with van der Waals surface area (Å²) < 4.78 is 5.70. The van der Waals surface area contributed by atoms with E-state index in [1.807, 2.05) is 0 Å². The van der Waals surface area contributed by atoms with Crippen LogP contribution < -0.4 is 5.32 Å². The third-order valence-corrected chi connectivity index (χ3v) is 4.65. The lowest BCUT2D eigenvalue weighted by Crippen LogP contribution is -2.48. The van der Waals surface area contributed by atoms with E-state index >= 15 is 0 Å². The molecule has 1 saturated heterocycles. The minimum atomic E-state index is 0.411. The highest BCUT2D eigenvalue weighted by atomic mass is 16.5. The summed E-state index contributed by atoms with van der Waals surface area (Å²) in [6.07, 6.45) is 5.99. The first-order chi connectivity index (χ1) is 8.70. The zero-order chi connectivity index (χ0) is 13.0. The van der Waals surface area contributed by atoms with E-state index in [1.54, 1.807) is 0 Å². The molecule has 106 valence electrons. The molecule has 2 fully saturated rings. The van der Waals surface area contributed by atoms with Gasteiger partial charge in [-0.2, -0.15) is 0 Å². The highest BCUT2D eigenvalue weighted by Crippen LogP contribution is 2.29. The van der Waals surface area contributed by atoms with Gasteiger partial charge in [0.25, 0.3) is 0 Å². The van der Waals surface area contributed by atoms with Crippen LogP contribution in [0.2, 0.25) is 0 Å². The number of rotatable bonds is 5. The van der Waals surface area contributed by atoms with Crippen molar-refractivity contribution < 1.29 is 4.74 Å². The van der Waals surface area contributed by atoms with Crippen LogP contribution in [0.1, 0.15) is 46.5 Å². The Morgan fingerprint density at radius 1 is 1.28 bits per heavy atom. The number of hydrogen-bond acceptors (Lipinski definition) is 3. The van der Waals surface area contributed by atoms with E-state index < -0.39 is 0 Å². The van der Waals surface area contributed by atoms with Gasteiger partial charge in [-0.1, -0.05) is 13.3 Å². The van der Waals surface area contributed by atoms with Crippen LogP contribution in [0.3, 0.4) is 0 Å². The molecule has 0 amide bonds. The van der Waals surface area contributed by atoms with E-state index in [0.717, 1.165) is 31.7 Å². The predicted molar refractivity (Wildman–Crippen MR) is 75.9 cm³/mol. The van der Waals surface area contributed by atoms with E-state index in [-0.39, 0.29) is 0 Å². The molecular formula is C15H30N2O. The van der Waals surface area contributed by atoms with Crippen molar-refractivity contribution in [3.63, 3.8) is 0 Å². The van der Waals surface area contributed by atoms with Crippen LogP contribution in [0.5, 0.6) is 0 Å². The fourth-order valence-corrected chi connectivity index (χ4v) is 3.53. The molecule has 2 rings (SSSR count). The summed E-state index contributed by atoms with van der Waals surface area (Å²) in [4.78, 5) is 2.62. The van der Waals surface area contributed by atoms with Crippen LogP contribution in [-0.2, 0) is 4.74 Å². The standard InChI is InChI=1S/C15H30N2O/c1-4-16-15-7-5-6-14(15)8-9-17-10-13(3)18-11-12(17)2/h12-16H,4-11H2,1-3H3. The molecule has 2 aliphatic rings. The van der Waals surface area contributed by atoms with Gasteiger partial charge >= 0.3 is 0 Å². The van der Waals surface area contributed by atoms with Crippen molar-refractivity contribution in [3.8, 4) is 0 Å². The van der Waals surface area contributed by atoms with E-state index in [4.69, 9.17) is 4.74 Å². The molecule has 3 heteroatoms. The summed E-state index contributed by atoms with van der Waals surface area (Å²) in [6, 6.07) is 1.38. The first-order valence-corrected chi connectivity index (χ1v) is 7.79. The Morgan fingerprint density at radius 2 is 2.11 bits per heavy atom. The second-order valence-corrected chi connectivity index (χ2v) is 6.13. The number of hydrogen-bond donors (Lipinski definition) is 1. The van der Waals surface area contributed by atoms with E-state index in [0.29, 0.717) is 12.1 Å². The van der Waals surface area contributed by atoms with Crippen molar-refractivity contribution in [1.82, 2.24) is 10.2 Å². The maximum Gasteiger partial charge on any atom is 0.0674 e. The molecule has 0 radical (unpaired) electrons. The van der Waals surface area contributed by atoms with Gasteiger partial charge in [0.15, 0.2) is 0 Å². The van der Waals surface area contributed by atoms with Crippen molar-refractivity contribution in [2.45, 2.75) is 64.6 Å². The van der Waals surface area contributed by atoms with Gasteiger partial charge in [0, 0.05) is 18.6 Å². The SMILES string of the molecule is CCNC1CCCC1CCN1CC(C)OCC1C. The Labute approximate surface area is 112 Å². The maximum atomic E-state index is 5.70. The molecule has 0 bridgehead atoms. The molecule has 1 aliphatic carbocycles. The summed E-state index contributed by atoms with van der Waals surface area (Å²) >= 11 is 0. The molecule has 18 heavy (non-hydrogen) atoms. The largest absolute Gasteiger partial charge is 0.376 e. The average molecular weight is 254 g/mol. The van der Waals surface area contributed by atoms with Gasteiger partial charge < -0.3 is 10.1 Å². The van der Waals surface area contributed by atoms with Crippen molar-refractivity contribution in [2.24, 2.45) is 5.92 Å². The molecule has 0 aromatic rings. The van der Waals surface area contributed by atoms with Crippen LogP contribution >= 0.6 is 0 Å². The minimum absolute atomic E-state index is 0.411. The van der Waals surface area contributed by atoms with E-state index in [9.17, 15) is 0 Å². The Balaban J connectivity index is 1.76. The summed E-state index contributed by atoms with van der Waals surface area (Å²) in [6.45, 7) is 11.1. The second-order valence-electron chi connectivity index (χ2n) is 6.13. The zero-order valence-corrected chi connectivity index (χ0v) is 12.3. The Hall–Kier alpha value is -0.120. The fraction of sp³-hybridized carbons (Fsp3) is 1.00. The van der Waals surface area contributed by atoms with E-state index in [2.05, 4.69) is 31.0 Å². The molecule has 0 spiro atoms. The first kappa shape index (κ1) is 14.3. The Morgan fingerprint density at radius 3 is 2.89 bits per heavy atom. The second kappa shape index (κ2) is 6.88. The number of nitrogens with zero attached hydrogens (tertiary/aromatic N) is 1. The summed E-state index contributed by atoms with van der Waals surface area (Å²) in [7, 11) is 0. The Bertz CT molecular complexity index is 247. The monoisotopic (exact) mass is 254 g/mol. The lowest BCUT2D eigenvalue weighted by Gasteiger charge is -2.37. The van der Waals surface area contributed by atoms with Crippen molar-refractivity contribution in [1.29, 1.82) is 0 Å². The quantitative estimate of drug-likeness (QED) is 0.814. The average Bonchev–Trinajstić information content (AvgIpc) is 2.78. The topological polar surface area (TPSA) is 24.5 Å².